The molecule has 6 aromatic carbocycles. The smallest absolute Gasteiger partial charge is 0.355 e. The van der Waals surface area contributed by atoms with Crippen LogP contribution in [0.1, 0.15) is 68.2 Å². The number of hydrogen-bond donors (Lipinski definition) is 2. The number of sulfonamides is 1. The summed E-state index contributed by atoms with van der Waals surface area (Å²) in [5.41, 5.74) is 5.31. The van der Waals surface area contributed by atoms with Gasteiger partial charge in [-0.3, -0.25) is 4.79 Å². The van der Waals surface area contributed by atoms with Crippen LogP contribution in [0.5, 0.6) is 0 Å². The third kappa shape index (κ3) is 13.3. The number of aromatic nitrogens is 4. The Hall–Kier alpha value is -6.92. The topological polar surface area (TPSA) is 111 Å². The van der Waals surface area contributed by atoms with E-state index in [0.29, 0.717) is 5.69 Å². The summed E-state index contributed by atoms with van der Waals surface area (Å²) in [4.78, 5) is 11.9. The Labute approximate surface area is 405 Å². The number of fused-ring (bicyclic) bond motifs is 2. The van der Waals surface area contributed by atoms with E-state index >= 15 is 0 Å². The van der Waals surface area contributed by atoms with Gasteiger partial charge in [-0.15, -0.1) is 0 Å². The van der Waals surface area contributed by atoms with Gasteiger partial charge in [0, 0.05) is 35.7 Å². The van der Waals surface area contributed by atoms with Crippen molar-refractivity contribution in [1.29, 1.82) is 0 Å². The van der Waals surface area contributed by atoms with E-state index in [-0.39, 0.29) is 36.6 Å². The van der Waals surface area contributed by atoms with Crippen LogP contribution in [0.4, 0.5) is 35.1 Å². The summed E-state index contributed by atoms with van der Waals surface area (Å²) in [5.74, 6) is -4.22. The van der Waals surface area contributed by atoms with E-state index in [1.54, 1.807) is 46.0 Å². The number of alkyl halides is 6. The number of carbonyl (C=O) groups is 1. The monoisotopic (exact) mass is 1000 g/mol. The maximum Gasteiger partial charge on any atom is 0.404 e. The molecule has 2 atom stereocenters. The highest BCUT2D eigenvalue weighted by atomic mass is 32.2. The average Bonchev–Trinajstić information content (AvgIpc) is 3.92. The second kappa shape index (κ2) is 20.8. The molecule has 0 aliphatic carbocycles. The predicted octanol–water partition coefficient (Wildman–Crippen LogP) is 12.2. The zero-order chi connectivity index (χ0) is 51.4. The van der Waals surface area contributed by atoms with Crippen LogP contribution in [-0.2, 0) is 14.8 Å². The van der Waals surface area contributed by atoms with E-state index in [0.717, 1.165) is 49.7 Å². The van der Waals surface area contributed by atoms with Gasteiger partial charge in [-0.05, 0) is 106 Å². The van der Waals surface area contributed by atoms with E-state index in [9.17, 15) is 48.3 Å². The van der Waals surface area contributed by atoms with Gasteiger partial charge < -0.3 is 5.32 Å². The van der Waals surface area contributed by atoms with Gasteiger partial charge in [0.1, 0.15) is 18.1 Å². The van der Waals surface area contributed by atoms with Gasteiger partial charge in [-0.25, -0.2) is 31.3 Å². The largest absolute Gasteiger partial charge is 0.404 e. The summed E-state index contributed by atoms with van der Waals surface area (Å²) >= 11 is 0. The lowest BCUT2D eigenvalue weighted by Gasteiger charge is -2.35. The maximum absolute atomic E-state index is 13.3. The highest BCUT2D eigenvalue weighted by Gasteiger charge is 2.39. The lowest BCUT2D eigenvalue weighted by atomic mass is 9.71. The van der Waals surface area contributed by atoms with E-state index in [2.05, 4.69) is 20.2 Å². The molecular formula is C53H50F8N6O3S. The number of amides is 1. The van der Waals surface area contributed by atoms with E-state index in [1.807, 2.05) is 125 Å². The number of nitrogens with zero attached hydrogens (tertiary/aromatic N) is 4. The molecular weight excluding hydrogens is 953 g/mol. The van der Waals surface area contributed by atoms with Gasteiger partial charge in [0.05, 0.1) is 34.8 Å². The Morgan fingerprint density at radius 2 is 0.958 bits per heavy atom. The Kier molecular flexibility index (Phi) is 15.2. The summed E-state index contributed by atoms with van der Waals surface area (Å²) in [6.45, 7) is 7.33. The normalized spacial score (nSPS) is 13.4. The standard InChI is InChI=1S/C27H25F4N3O.C26H25F4N3O2S/c1-26(2,17-32-24(35)15-27(29,30)31)25(18-6-4-3-5-7-18)19-8-13-23-20(14-19)16-33-34(23)22-11-9-21(28)10-12-22;1-25(2,16-32-36(34,35)17-26(28,29)30)24(18-6-4-3-5-7-18)19-8-13-23-20(14-19)15-31-33(23)22-11-9-21(27)10-12-22/h3-14,16,25H,15,17H2,1-2H3,(H,32,35);3-15,24,32H,16-17H2,1-2H3. The highest BCUT2D eigenvalue weighted by Crippen LogP contribution is 2.43. The van der Waals surface area contributed by atoms with Gasteiger partial charge in [0.25, 0.3) is 0 Å². The van der Waals surface area contributed by atoms with Crippen LogP contribution in [0.25, 0.3) is 33.2 Å². The summed E-state index contributed by atoms with van der Waals surface area (Å²) in [6, 6.07) is 42.6. The lowest BCUT2D eigenvalue weighted by Crippen LogP contribution is -2.41. The highest BCUT2D eigenvalue weighted by molar-refractivity contribution is 7.89. The second-order valence-corrected chi connectivity index (χ2v) is 20.4. The van der Waals surface area contributed by atoms with Crippen molar-refractivity contribution >= 4 is 37.7 Å². The Morgan fingerprint density at radius 3 is 1.35 bits per heavy atom. The van der Waals surface area contributed by atoms with E-state index < -0.39 is 51.3 Å². The van der Waals surface area contributed by atoms with Crippen LogP contribution in [0.3, 0.4) is 0 Å². The van der Waals surface area contributed by atoms with Crippen LogP contribution in [-0.4, -0.2) is 65.1 Å². The minimum Gasteiger partial charge on any atom is -0.355 e. The van der Waals surface area contributed by atoms with Gasteiger partial charge in [-0.2, -0.15) is 36.5 Å². The molecule has 0 radical (unpaired) electrons. The van der Waals surface area contributed by atoms with Crippen molar-refractivity contribution in [3.63, 3.8) is 0 Å². The number of benzene rings is 6. The molecule has 71 heavy (non-hydrogen) atoms. The molecule has 0 fully saturated rings. The van der Waals surface area contributed by atoms with Crippen molar-refractivity contribution in [1.82, 2.24) is 29.6 Å². The third-order valence-electron chi connectivity index (χ3n) is 12.0. The summed E-state index contributed by atoms with van der Waals surface area (Å²) in [6.07, 6.45) is -7.48. The molecule has 2 N–H and O–H groups in total. The number of nitrogens with one attached hydrogen (secondary N) is 2. The van der Waals surface area contributed by atoms with Crippen LogP contribution < -0.4 is 10.0 Å². The van der Waals surface area contributed by atoms with Crippen molar-refractivity contribution < 1.29 is 48.3 Å². The SMILES string of the molecule is CC(C)(CNC(=O)CC(F)(F)F)C(c1ccccc1)c1ccc2c(cnn2-c2ccc(F)cc2)c1.CC(C)(CNS(=O)(=O)CC(F)(F)F)C(c1ccccc1)c1ccc2c(cnn2-c2ccc(F)cc2)c1. The van der Waals surface area contributed by atoms with Crippen LogP contribution in [0.15, 0.2) is 158 Å². The molecule has 2 unspecified atom stereocenters. The molecule has 0 aliphatic heterocycles. The fourth-order valence-corrected chi connectivity index (χ4v) is 9.98. The van der Waals surface area contributed by atoms with Crippen molar-refractivity contribution in [2.75, 3.05) is 18.8 Å². The minimum absolute atomic E-state index is 0.0638. The molecule has 0 spiro atoms. The van der Waals surface area contributed by atoms with E-state index in [1.165, 1.54) is 24.3 Å². The molecule has 372 valence electrons. The first kappa shape index (κ1) is 51.9. The first-order valence-electron chi connectivity index (χ1n) is 22.3. The zero-order valence-electron chi connectivity index (χ0n) is 38.9. The predicted molar refractivity (Wildman–Crippen MR) is 258 cm³/mol. The Bertz CT molecular complexity index is 3190. The molecule has 1 amide bonds. The van der Waals surface area contributed by atoms with Gasteiger partial charge >= 0.3 is 12.4 Å². The molecule has 2 aromatic heterocycles. The Morgan fingerprint density at radius 1 is 0.549 bits per heavy atom. The first-order chi connectivity index (χ1) is 33.4. The lowest BCUT2D eigenvalue weighted by molar-refractivity contribution is -0.154. The zero-order valence-corrected chi connectivity index (χ0v) is 39.8. The van der Waals surface area contributed by atoms with Gasteiger partial charge in [0.15, 0.2) is 5.75 Å². The first-order valence-corrected chi connectivity index (χ1v) is 24.0. The number of halogens is 8. The fraction of sp³-hybridized carbons (Fsp3) is 0.264. The van der Waals surface area contributed by atoms with Crippen molar-refractivity contribution in [2.45, 2.75) is 58.3 Å². The average molecular weight is 1000 g/mol. The molecule has 8 rings (SSSR count). The second-order valence-electron chi connectivity index (χ2n) is 18.6. The minimum atomic E-state index is -4.83. The number of carbonyl (C=O) groups excluding carboxylic acids is 1. The fourth-order valence-electron chi connectivity index (χ4n) is 8.86. The molecule has 2 heterocycles. The molecule has 9 nitrogen and oxygen atoms in total. The summed E-state index contributed by atoms with van der Waals surface area (Å²) in [7, 11) is -4.55. The maximum atomic E-state index is 13.3. The quantitative estimate of drug-likeness (QED) is 0.0994. The molecule has 0 bridgehead atoms. The van der Waals surface area contributed by atoms with Crippen LogP contribution >= 0.6 is 0 Å². The van der Waals surface area contributed by atoms with E-state index in [4.69, 9.17) is 0 Å². The summed E-state index contributed by atoms with van der Waals surface area (Å²) in [5, 5.41) is 13.0. The molecule has 0 aliphatic rings. The Balaban J connectivity index is 0.000000209. The molecule has 0 saturated carbocycles. The van der Waals surface area contributed by atoms with Gasteiger partial charge in [-0.1, -0.05) is 100 Å². The van der Waals surface area contributed by atoms with Crippen LogP contribution in [0, 0.1) is 22.5 Å². The summed E-state index contributed by atoms with van der Waals surface area (Å²) < 4.78 is 132. The van der Waals surface area contributed by atoms with Crippen molar-refractivity contribution in [3.05, 3.63) is 192 Å². The van der Waals surface area contributed by atoms with Gasteiger partial charge in [0.2, 0.25) is 15.9 Å². The third-order valence-corrected chi connectivity index (χ3v) is 13.3. The molecule has 18 heteroatoms. The molecule has 8 aromatic rings. The number of rotatable bonds is 15. The van der Waals surface area contributed by atoms with Crippen LogP contribution in [0.2, 0.25) is 0 Å². The van der Waals surface area contributed by atoms with Crippen molar-refractivity contribution in [3.8, 4) is 11.4 Å². The molecule has 0 saturated heterocycles. The van der Waals surface area contributed by atoms with Crippen molar-refractivity contribution in [2.24, 2.45) is 10.8 Å². The number of hydrogen-bond acceptors (Lipinski definition) is 5.